The maximum Gasteiger partial charge on any atom is 0.143 e. The van der Waals surface area contributed by atoms with Gasteiger partial charge in [-0.2, -0.15) is 0 Å². The molecule has 0 saturated carbocycles. The summed E-state index contributed by atoms with van der Waals surface area (Å²) in [5.41, 5.74) is 2.34. The highest BCUT2D eigenvalue weighted by Gasteiger charge is 2.09. The molecule has 0 fully saturated rings. The van der Waals surface area contributed by atoms with Gasteiger partial charge in [0.2, 0.25) is 0 Å². The Morgan fingerprint density at radius 1 is 1.46 bits per heavy atom. The van der Waals surface area contributed by atoms with Gasteiger partial charge in [-0.15, -0.1) is 0 Å². The number of ether oxygens (including phenoxy) is 1. The molecule has 0 saturated heterocycles. The minimum Gasteiger partial charge on any atom is -0.491 e. The summed E-state index contributed by atoms with van der Waals surface area (Å²) in [5.74, 6) is 0.954. The number of anilines is 1. The van der Waals surface area contributed by atoms with Crippen LogP contribution in [0.25, 0.3) is 0 Å². The maximum atomic E-state index is 5.59. The summed E-state index contributed by atoms with van der Waals surface area (Å²) in [4.78, 5) is 0. The Hall–Kier alpha value is -0.700. The van der Waals surface area contributed by atoms with E-state index in [2.05, 4.69) is 34.2 Å². The quantitative estimate of drug-likeness (QED) is 0.755. The Balaban J connectivity index is 2.43. The molecule has 2 rings (SSSR count). The van der Waals surface area contributed by atoms with Crippen molar-refractivity contribution in [2.24, 2.45) is 0 Å². The number of hydrogen-bond acceptors (Lipinski definition) is 2. The molecule has 1 aromatic rings. The predicted molar refractivity (Wildman–Crippen MR) is 57.5 cm³/mol. The molecule has 0 aliphatic carbocycles. The van der Waals surface area contributed by atoms with Gasteiger partial charge in [-0.25, -0.2) is 0 Å². The second-order valence-electron chi connectivity index (χ2n) is 3.23. The molecule has 0 unspecified atom stereocenters. The highest BCUT2D eigenvalue weighted by atomic mass is 79.9. The van der Waals surface area contributed by atoms with Crippen molar-refractivity contribution < 1.29 is 4.74 Å². The highest BCUT2D eigenvalue weighted by molar-refractivity contribution is 9.10. The summed E-state index contributed by atoms with van der Waals surface area (Å²) in [6.07, 6.45) is 1.06. The molecule has 0 aromatic heterocycles. The molecule has 0 bridgehead atoms. The van der Waals surface area contributed by atoms with Crippen LogP contribution in [0.2, 0.25) is 0 Å². The van der Waals surface area contributed by atoms with E-state index in [1.165, 1.54) is 5.56 Å². The van der Waals surface area contributed by atoms with Gasteiger partial charge in [0.1, 0.15) is 5.75 Å². The van der Waals surface area contributed by atoms with E-state index in [-0.39, 0.29) is 0 Å². The molecule has 13 heavy (non-hydrogen) atoms. The molecule has 0 atom stereocenters. The third kappa shape index (κ3) is 1.80. The van der Waals surface area contributed by atoms with Crippen LogP contribution in [0.3, 0.4) is 0 Å². The SMILES string of the molecule is Cc1cc2c(cc1Br)OCCCN2. The van der Waals surface area contributed by atoms with Gasteiger partial charge in [-0.3, -0.25) is 0 Å². The summed E-state index contributed by atoms with van der Waals surface area (Å²) in [6, 6.07) is 4.15. The van der Waals surface area contributed by atoms with Crippen molar-refractivity contribution in [1.29, 1.82) is 0 Å². The van der Waals surface area contributed by atoms with Gasteiger partial charge in [0.25, 0.3) is 0 Å². The zero-order valence-corrected chi connectivity index (χ0v) is 9.15. The van der Waals surface area contributed by atoms with Gasteiger partial charge >= 0.3 is 0 Å². The molecule has 0 amide bonds. The zero-order chi connectivity index (χ0) is 9.26. The van der Waals surface area contributed by atoms with Gasteiger partial charge in [0, 0.05) is 11.0 Å². The summed E-state index contributed by atoms with van der Waals surface area (Å²) in [6.45, 7) is 3.88. The van der Waals surface area contributed by atoms with Gasteiger partial charge in [0.15, 0.2) is 0 Å². The summed E-state index contributed by atoms with van der Waals surface area (Å²) in [7, 11) is 0. The van der Waals surface area contributed by atoms with E-state index in [1.54, 1.807) is 0 Å². The fraction of sp³-hybridized carbons (Fsp3) is 0.400. The van der Waals surface area contributed by atoms with Crippen LogP contribution in [0.15, 0.2) is 16.6 Å². The van der Waals surface area contributed by atoms with E-state index >= 15 is 0 Å². The van der Waals surface area contributed by atoms with Crippen molar-refractivity contribution in [1.82, 2.24) is 0 Å². The van der Waals surface area contributed by atoms with Crippen LogP contribution in [0, 0.1) is 6.92 Å². The normalized spacial score (nSPS) is 15.2. The fourth-order valence-corrected chi connectivity index (χ4v) is 1.72. The average Bonchev–Trinajstić information content (AvgIpc) is 2.31. The van der Waals surface area contributed by atoms with E-state index in [1.807, 2.05) is 6.07 Å². The second kappa shape index (κ2) is 3.58. The molecular formula is C10H12BrNO. The minimum atomic E-state index is 0.801. The van der Waals surface area contributed by atoms with E-state index in [4.69, 9.17) is 4.74 Å². The highest BCUT2D eigenvalue weighted by Crippen LogP contribution is 2.32. The van der Waals surface area contributed by atoms with Gasteiger partial charge in [0.05, 0.1) is 12.3 Å². The first-order valence-electron chi connectivity index (χ1n) is 4.44. The lowest BCUT2D eigenvalue weighted by Crippen LogP contribution is -2.00. The molecule has 2 nitrogen and oxygen atoms in total. The van der Waals surface area contributed by atoms with Crippen molar-refractivity contribution in [3.05, 3.63) is 22.2 Å². The topological polar surface area (TPSA) is 21.3 Å². The summed E-state index contributed by atoms with van der Waals surface area (Å²) >= 11 is 3.49. The van der Waals surface area contributed by atoms with E-state index in [0.717, 1.165) is 35.5 Å². The van der Waals surface area contributed by atoms with Crippen LogP contribution >= 0.6 is 15.9 Å². The van der Waals surface area contributed by atoms with Crippen LogP contribution in [-0.4, -0.2) is 13.2 Å². The van der Waals surface area contributed by atoms with Crippen molar-refractivity contribution in [3.8, 4) is 5.75 Å². The number of aryl methyl sites for hydroxylation is 1. The number of halogens is 1. The Bertz CT molecular complexity index is 294. The van der Waals surface area contributed by atoms with Gasteiger partial charge < -0.3 is 10.1 Å². The predicted octanol–water partition coefficient (Wildman–Crippen LogP) is 2.95. The van der Waals surface area contributed by atoms with Crippen molar-refractivity contribution in [2.75, 3.05) is 18.5 Å². The molecule has 0 radical (unpaired) electrons. The van der Waals surface area contributed by atoms with Crippen LogP contribution in [0.4, 0.5) is 5.69 Å². The number of rotatable bonds is 0. The molecular weight excluding hydrogens is 230 g/mol. The molecule has 1 N–H and O–H groups in total. The lowest BCUT2D eigenvalue weighted by Gasteiger charge is -2.09. The van der Waals surface area contributed by atoms with Gasteiger partial charge in [-0.05, 0) is 31.0 Å². The molecule has 70 valence electrons. The first kappa shape index (κ1) is 8.88. The van der Waals surface area contributed by atoms with Crippen molar-refractivity contribution in [2.45, 2.75) is 13.3 Å². The fourth-order valence-electron chi connectivity index (χ4n) is 1.40. The third-order valence-corrected chi connectivity index (χ3v) is 3.01. The van der Waals surface area contributed by atoms with Crippen LogP contribution in [-0.2, 0) is 0 Å². The minimum absolute atomic E-state index is 0.801. The van der Waals surface area contributed by atoms with E-state index in [0.29, 0.717) is 0 Å². The Morgan fingerprint density at radius 2 is 2.31 bits per heavy atom. The molecule has 1 heterocycles. The van der Waals surface area contributed by atoms with Crippen molar-refractivity contribution >= 4 is 21.6 Å². The summed E-state index contributed by atoms with van der Waals surface area (Å²) in [5, 5.41) is 3.35. The maximum absolute atomic E-state index is 5.59. The van der Waals surface area contributed by atoms with Crippen LogP contribution in [0.1, 0.15) is 12.0 Å². The molecule has 1 aliphatic heterocycles. The summed E-state index contributed by atoms with van der Waals surface area (Å²) < 4.78 is 6.70. The van der Waals surface area contributed by atoms with E-state index < -0.39 is 0 Å². The van der Waals surface area contributed by atoms with Crippen molar-refractivity contribution in [3.63, 3.8) is 0 Å². The number of nitrogens with one attached hydrogen (secondary N) is 1. The monoisotopic (exact) mass is 241 g/mol. The first-order chi connectivity index (χ1) is 6.27. The van der Waals surface area contributed by atoms with Crippen LogP contribution < -0.4 is 10.1 Å². The smallest absolute Gasteiger partial charge is 0.143 e. The Kier molecular flexibility index (Phi) is 2.44. The van der Waals surface area contributed by atoms with Gasteiger partial charge in [-0.1, -0.05) is 15.9 Å². The average molecular weight is 242 g/mol. The lowest BCUT2D eigenvalue weighted by molar-refractivity contribution is 0.322. The van der Waals surface area contributed by atoms with E-state index in [9.17, 15) is 0 Å². The standard InChI is InChI=1S/C10H12BrNO/c1-7-5-9-10(6-8(7)11)13-4-2-3-12-9/h5-6,12H,2-4H2,1H3. The Labute approximate surface area is 86.4 Å². The lowest BCUT2D eigenvalue weighted by atomic mass is 10.2. The molecule has 1 aliphatic rings. The number of benzene rings is 1. The third-order valence-electron chi connectivity index (χ3n) is 2.15. The molecule has 0 spiro atoms. The largest absolute Gasteiger partial charge is 0.491 e. The first-order valence-corrected chi connectivity index (χ1v) is 5.23. The molecule has 1 aromatic carbocycles. The zero-order valence-electron chi connectivity index (χ0n) is 7.56. The number of hydrogen-bond donors (Lipinski definition) is 1. The molecule has 3 heteroatoms. The second-order valence-corrected chi connectivity index (χ2v) is 4.08. The van der Waals surface area contributed by atoms with Crippen LogP contribution in [0.5, 0.6) is 5.75 Å². The number of fused-ring (bicyclic) bond motifs is 1. The Morgan fingerprint density at radius 3 is 3.15 bits per heavy atom.